The molecule has 152 valence electrons. The van der Waals surface area contributed by atoms with Crippen LogP contribution in [0.4, 0.5) is 10.1 Å². The maximum atomic E-state index is 13.8. The second-order valence-electron chi connectivity index (χ2n) is 6.83. The van der Waals surface area contributed by atoms with Crippen LogP contribution in [0.15, 0.2) is 67.0 Å². The standard InChI is InChI=1S/C22H19FN4O2S/c23-17-9-5-4-8-15(17)10-19-22(29)27-18(13-30-19)21(28)26-16-11-24-20(25-12-16)14-6-2-1-3-7-14/h1-9,11-12,18-19H,10,13H2,(H,26,28)(H,27,29). The maximum Gasteiger partial charge on any atom is 0.247 e. The molecule has 2 N–H and O–H groups in total. The lowest BCUT2D eigenvalue weighted by Gasteiger charge is -2.28. The van der Waals surface area contributed by atoms with E-state index < -0.39 is 11.3 Å². The molecule has 1 aliphatic rings. The summed E-state index contributed by atoms with van der Waals surface area (Å²) < 4.78 is 13.8. The van der Waals surface area contributed by atoms with Gasteiger partial charge in [-0.05, 0) is 18.1 Å². The fourth-order valence-corrected chi connectivity index (χ4v) is 4.29. The molecule has 1 saturated heterocycles. The minimum atomic E-state index is -0.673. The molecule has 0 saturated carbocycles. The van der Waals surface area contributed by atoms with Crippen LogP contribution < -0.4 is 10.6 Å². The molecule has 6 nitrogen and oxygen atoms in total. The molecule has 8 heteroatoms. The topological polar surface area (TPSA) is 84.0 Å². The molecule has 1 aromatic heterocycles. The molecule has 3 aromatic rings. The highest BCUT2D eigenvalue weighted by Gasteiger charge is 2.32. The molecular formula is C22H19FN4O2S. The van der Waals surface area contributed by atoms with Gasteiger partial charge in [0.15, 0.2) is 5.82 Å². The number of nitrogens with one attached hydrogen (secondary N) is 2. The number of anilines is 1. The van der Waals surface area contributed by atoms with Gasteiger partial charge in [-0.25, -0.2) is 14.4 Å². The lowest BCUT2D eigenvalue weighted by molar-refractivity contribution is -0.126. The van der Waals surface area contributed by atoms with Crippen molar-refractivity contribution < 1.29 is 14.0 Å². The van der Waals surface area contributed by atoms with Crippen LogP contribution in [0.3, 0.4) is 0 Å². The minimum Gasteiger partial charge on any atom is -0.343 e. The smallest absolute Gasteiger partial charge is 0.247 e. The first-order valence-electron chi connectivity index (χ1n) is 9.44. The second-order valence-corrected chi connectivity index (χ2v) is 8.07. The Morgan fingerprint density at radius 2 is 1.80 bits per heavy atom. The van der Waals surface area contributed by atoms with Gasteiger partial charge in [-0.1, -0.05) is 48.5 Å². The summed E-state index contributed by atoms with van der Waals surface area (Å²) in [5.41, 5.74) is 1.82. The Morgan fingerprint density at radius 3 is 2.50 bits per heavy atom. The third-order valence-electron chi connectivity index (χ3n) is 4.70. The van der Waals surface area contributed by atoms with Crippen LogP contribution in [0.1, 0.15) is 5.56 Å². The number of amides is 2. The molecule has 0 aliphatic carbocycles. The van der Waals surface area contributed by atoms with Crippen molar-refractivity contribution in [2.75, 3.05) is 11.1 Å². The van der Waals surface area contributed by atoms with Crippen molar-refractivity contribution in [3.05, 3.63) is 78.4 Å². The first-order valence-corrected chi connectivity index (χ1v) is 10.5. The molecule has 4 rings (SSSR count). The molecule has 2 atom stereocenters. The van der Waals surface area contributed by atoms with Crippen molar-refractivity contribution in [2.45, 2.75) is 17.7 Å². The van der Waals surface area contributed by atoms with Gasteiger partial charge in [-0.3, -0.25) is 9.59 Å². The van der Waals surface area contributed by atoms with Crippen LogP contribution >= 0.6 is 11.8 Å². The van der Waals surface area contributed by atoms with Crippen molar-refractivity contribution in [3.8, 4) is 11.4 Å². The zero-order valence-electron chi connectivity index (χ0n) is 15.9. The predicted octanol–water partition coefficient (Wildman–Crippen LogP) is 3.06. The molecule has 1 aliphatic heterocycles. The van der Waals surface area contributed by atoms with E-state index >= 15 is 0 Å². The number of hydrogen-bond acceptors (Lipinski definition) is 5. The Labute approximate surface area is 177 Å². The van der Waals surface area contributed by atoms with Crippen molar-refractivity contribution in [1.29, 1.82) is 0 Å². The molecule has 2 aromatic carbocycles. The Hall–Kier alpha value is -3.26. The van der Waals surface area contributed by atoms with Crippen LogP contribution in [0.25, 0.3) is 11.4 Å². The zero-order chi connectivity index (χ0) is 20.9. The Kier molecular flexibility index (Phi) is 6.04. The normalized spacial score (nSPS) is 18.5. The molecule has 2 amide bonds. The highest BCUT2D eigenvalue weighted by molar-refractivity contribution is 8.00. The fraction of sp³-hybridized carbons (Fsp3) is 0.182. The van der Waals surface area contributed by atoms with Crippen LogP contribution in [-0.2, 0) is 16.0 Å². The molecular weight excluding hydrogens is 403 g/mol. The van der Waals surface area contributed by atoms with Crippen molar-refractivity contribution in [2.24, 2.45) is 0 Å². The lowest BCUT2D eigenvalue weighted by Crippen LogP contribution is -2.52. The number of thioether (sulfide) groups is 1. The summed E-state index contributed by atoms with van der Waals surface area (Å²) in [6, 6.07) is 15.2. The summed E-state index contributed by atoms with van der Waals surface area (Å²) in [6.07, 6.45) is 3.35. The Bertz CT molecular complexity index is 1050. The third kappa shape index (κ3) is 4.65. The second kappa shape index (κ2) is 9.04. The number of benzene rings is 2. The third-order valence-corrected chi connectivity index (χ3v) is 6.01. The van der Waals surface area contributed by atoms with Gasteiger partial charge in [-0.15, -0.1) is 11.8 Å². The molecule has 2 unspecified atom stereocenters. The van der Waals surface area contributed by atoms with Gasteiger partial charge in [0.2, 0.25) is 11.8 Å². The molecule has 0 bridgehead atoms. The highest BCUT2D eigenvalue weighted by Crippen LogP contribution is 2.24. The van der Waals surface area contributed by atoms with Gasteiger partial charge >= 0.3 is 0 Å². The van der Waals surface area contributed by atoms with E-state index in [1.807, 2.05) is 30.3 Å². The fourth-order valence-electron chi connectivity index (χ4n) is 3.11. The number of aromatic nitrogens is 2. The van der Waals surface area contributed by atoms with Crippen molar-refractivity contribution in [1.82, 2.24) is 15.3 Å². The van der Waals surface area contributed by atoms with Crippen LogP contribution in [0, 0.1) is 5.82 Å². The van der Waals surface area contributed by atoms with Gasteiger partial charge in [0.1, 0.15) is 11.9 Å². The number of halogens is 1. The van der Waals surface area contributed by atoms with E-state index in [2.05, 4.69) is 20.6 Å². The predicted molar refractivity (Wildman–Crippen MR) is 114 cm³/mol. The summed E-state index contributed by atoms with van der Waals surface area (Å²) in [6.45, 7) is 0. The van der Waals surface area contributed by atoms with E-state index in [1.165, 1.54) is 30.2 Å². The molecule has 0 spiro atoms. The number of hydrogen-bond donors (Lipinski definition) is 2. The Balaban J connectivity index is 1.34. The summed E-state index contributed by atoms with van der Waals surface area (Å²) in [7, 11) is 0. The van der Waals surface area contributed by atoms with Gasteiger partial charge in [0.05, 0.1) is 23.3 Å². The zero-order valence-corrected chi connectivity index (χ0v) is 16.7. The summed E-state index contributed by atoms with van der Waals surface area (Å²) >= 11 is 1.35. The summed E-state index contributed by atoms with van der Waals surface area (Å²) in [4.78, 5) is 33.5. The van der Waals surface area contributed by atoms with Crippen LogP contribution in [-0.4, -0.2) is 38.8 Å². The highest BCUT2D eigenvalue weighted by atomic mass is 32.2. The number of rotatable bonds is 5. The lowest BCUT2D eigenvalue weighted by atomic mass is 10.1. The summed E-state index contributed by atoms with van der Waals surface area (Å²) in [5, 5.41) is 5.03. The maximum absolute atomic E-state index is 13.8. The largest absolute Gasteiger partial charge is 0.343 e. The first-order chi connectivity index (χ1) is 14.6. The van der Waals surface area contributed by atoms with Crippen molar-refractivity contribution >= 4 is 29.3 Å². The van der Waals surface area contributed by atoms with Crippen molar-refractivity contribution in [3.63, 3.8) is 0 Å². The van der Waals surface area contributed by atoms with E-state index in [4.69, 9.17) is 0 Å². The average Bonchev–Trinajstić information content (AvgIpc) is 2.77. The quantitative estimate of drug-likeness (QED) is 0.660. The minimum absolute atomic E-state index is 0.273. The van der Waals surface area contributed by atoms with E-state index in [0.29, 0.717) is 22.8 Å². The molecule has 30 heavy (non-hydrogen) atoms. The number of nitrogens with zero attached hydrogens (tertiary/aromatic N) is 2. The van der Waals surface area contributed by atoms with Gasteiger partial charge < -0.3 is 10.6 Å². The van der Waals surface area contributed by atoms with Crippen LogP contribution in [0.2, 0.25) is 0 Å². The summed E-state index contributed by atoms with van der Waals surface area (Å²) in [5.74, 6) is 0.0250. The van der Waals surface area contributed by atoms with Gasteiger partial charge in [0, 0.05) is 11.3 Å². The monoisotopic (exact) mass is 422 g/mol. The first kappa shape index (κ1) is 20.0. The van der Waals surface area contributed by atoms with E-state index in [-0.39, 0.29) is 24.1 Å². The van der Waals surface area contributed by atoms with Gasteiger partial charge in [0.25, 0.3) is 0 Å². The average molecular weight is 422 g/mol. The van der Waals surface area contributed by atoms with E-state index in [0.717, 1.165) is 5.56 Å². The van der Waals surface area contributed by atoms with E-state index in [1.54, 1.807) is 18.2 Å². The number of carbonyl (C=O) groups excluding carboxylic acids is 2. The molecule has 1 fully saturated rings. The SMILES string of the molecule is O=C(Nc1cnc(-c2ccccc2)nc1)C1CSC(Cc2ccccc2F)C(=O)N1. The molecule has 2 heterocycles. The van der Waals surface area contributed by atoms with Crippen LogP contribution in [0.5, 0.6) is 0 Å². The van der Waals surface area contributed by atoms with E-state index in [9.17, 15) is 14.0 Å². The Morgan fingerprint density at radius 1 is 1.10 bits per heavy atom. The number of carbonyl (C=O) groups is 2. The van der Waals surface area contributed by atoms with Gasteiger partial charge in [-0.2, -0.15) is 0 Å². The molecule has 0 radical (unpaired) electrons.